The highest BCUT2D eigenvalue weighted by molar-refractivity contribution is 7.98. The van der Waals surface area contributed by atoms with Gasteiger partial charge in [0.25, 0.3) is 11.5 Å². The van der Waals surface area contributed by atoms with E-state index in [2.05, 4.69) is 20.6 Å². The van der Waals surface area contributed by atoms with Crippen LogP contribution in [0.3, 0.4) is 0 Å². The molecule has 0 spiro atoms. The largest absolute Gasteiger partial charge is 0.314 e. The van der Waals surface area contributed by atoms with Gasteiger partial charge in [0.2, 0.25) is 5.91 Å². The Hall–Kier alpha value is -3.46. The summed E-state index contributed by atoms with van der Waals surface area (Å²) in [4.78, 5) is 43.3. The Kier molecular flexibility index (Phi) is 6.40. The second kappa shape index (κ2) is 9.16. The number of nitrogens with one attached hydrogen (secondary N) is 3. The summed E-state index contributed by atoms with van der Waals surface area (Å²) in [6, 6.07) is 14.4. The number of H-pyrrole nitrogens is 1. The number of nitrogens with zero attached hydrogens (tertiary/aromatic N) is 1. The Morgan fingerprint density at radius 3 is 2.41 bits per heavy atom. The Morgan fingerprint density at radius 2 is 1.76 bits per heavy atom. The number of hydrogen-bond donors (Lipinski definition) is 3. The number of rotatable bonds is 6. The Bertz CT molecular complexity index is 1090. The molecule has 3 N–H and O–H groups in total. The van der Waals surface area contributed by atoms with Crippen molar-refractivity contribution in [2.45, 2.75) is 17.8 Å². The Balaban J connectivity index is 1.85. The number of anilines is 2. The topological polar surface area (TPSA) is 104 Å². The van der Waals surface area contributed by atoms with E-state index in [1.165, 1.54) is 30.8 Å². The number of benzene rings is 2. The van der Waals surface area contributed by atoms with Crippen molar-refractivity contribution in [1.29, 1.82) is 0 Å². The van der Waals surface area contributed by atoms with Crippen LogP contribution in [0.4, 0.5) is 15.9 Å². The van der Waals surface area contributed by atoms with Gasteiger partial charge < -0.3 is 10.6 Å². The predicted molar refractivity (Wildman–Crippen MR) is 110 cm³/mol. The van der Waals surface area contributed by atoms with E-state index in [-0.39, 0.29) is 17.1 Å². The first-order valence-corrected chi connectivity index (χ1v) is 9.56. The van der Waals surface area contributed by atoms with Gasteiger partial charge in [-0.2, -0.15) is 0 Å². The number of hydrogen-bond acceptors (Lipinski definition) is 5. The van der Waals surface area contributed by atoms with E-state index in [1.807, 2.05) is 30.3 Å². The van der Waals surface area contributed by atoms with Crippen molar-refractivity contribution < 1.29 is 14.0 Å². The number of aromatic amines is 1. The third-order valence-electron chi connectivity index (χ3n) is 3.76. The molecule has 1 heterocycles. The SMILES string of the molecule is CC(=O)Nc1nc(SCc2ccccc2)[nH]c(=O)c1NC(=O)c1ccc(F)cc1. The van der Waals surface area contributed by atoms with Gasteiger partial charge in [-0.1, -0.05) is 42.1 Å². The lowest BCUT2D eigenvalue weighted by atomic mass is 10.2. The van der Waals surface area contributed by atoms with Crippen molar-refractivity contribution in [2.75, 3.05) is 10.6 Å². The van der Waals surface area contributed by atoms with Crippen LogP contribution in [0.25, 0.3) is 0 Å². The molecule has 7 nitrogen and oxygen atoms in total. The average molecular weight is 412 g/mol. The molecule has 0 unspecified atom stereocenters. The summed E-state index contributed by atoms with van der Waals surface area (Å²) in [6.07, 6.45) is 0. The number of halogens is 1. The fraction of sp³-hybridized carbons (Fsp3) is 0.100. The predicted octanol–water partition coefficient (Wildman–Crippen LogP) is 3.41. The standard InChI is InChI=1S/C20H17FN4O3S/c1-12(26)22-17-16(23-18(27)14-7-9-15(21)10-8-14)19(28)25-20(24-17)29-11-13-5-3-2-4-6-13/h2-10H,11H2,1H3,(H,23,27)(H2,22,24,25,26,28). The average Bonchev–Trinajstić information content (AvgIpc) is 2.69. The Labute approximate surface area is 169 Å². The number of thioether (sulfide) groups is 1. The first-order chi connectivity index (χ1) is 13.9. The van der Waals surface area contributed by atoms with Crippen molar-refractivity contribution >= 4 is 35.1 Å². The van der Waals surface area contributed by atoms with Gasteiger partial charge in [-0.05, 0) is 29.8 Å². The summed E-state index contributed by atoms with van der Waals surface area (Å²) in [5, 5.41) is 5.18. The maximum Gasteiger partial charge on any atom is 0.277 e. The van der Waals surface area contributed by atoms with E-state index in [9.17, 15) is 18.8 Å². The lowest BCUT2D eigenvalue weighted by molar-refractivity contribution is -0.114. The van der Waals surface area contributed by atoms with Gasteiger partial charge in [0.15, 0.2) is 16.7 Å². The smallest absolute Gasteiger partial charge is 0.277 e. The summed E-state index contributed by atoms with van der Waals surface area (Å²) in [5.74, 6) is -1.06. The second-order valence-electron chi connectivity index (χ2n) is 6.01. The van der Waals surface area contributed by atoms with Crippen molar-refractivity contribution in [3.8, 4) is 0 Å². The van der Waals surface area contributed by atoms with Crippen LogP contribution in [0.5, 0.6) is 0 Å². The molecule has 9 heteroatoms. The fourth-order valence-electron chi connectivity index (χ4n) is 2.41. The van der Waals surface area contributed by atoms with Crippen molar-refractivity contribution in [3.63, 3.8) is 0 Å². The normalized spacial score (nSPS) is 10.4. The maximum atomic E-state index is 13.0. The molecule has 0 aliphatic heterocycles. The molecule has 0 fully saturated rings. The summed E-state index contributed by atoms with van der Waals surface area (Å²) in [6.45, 7) is 1.27. The summed E-state index contributed by atoms with van der Waals surface area (Å²) < 4.78 is 13.0. The molecule has 0 atom stereocenters. The van der Waals surface area contributed by atoms with Crippen LogP contribution in [-0.2, 0) is 10.5 Å². The molecule has 3 rings (SSSR count). The number of amides is 2. The molecule has 0 saturated carbocycles. The minimum atomic E-state index is -0.631. The highest BCUT2D eigenvalue weighted by atomic mass is 32.2. The zero-order chi connectivity index (χ0) is 20.8. The fourth-order valence-corrected chi connectivity index (χ4v) is 3.22. The molecular weight excluding hydrogens is 395 g/mol. The quantitative estimate of drug-likeness (QED) is 0.425. The van der Waals surface area contributed by atoms with E-state index >= 15 is 0 Å². The van der Waals surface area contributed by atoms with Gasteiger partial charge >= 0.3 is 0 Å². The molecule has 0 aliphatic carbocycles. The van der Waals surface area contributed by atoms with Gasteiger partial charge in [-0.25, -0.2) is 9.37 Å². The van der Waals surface area contributed by atoms with E-state index < -0.39 is 23.2 Å². The minimum Gasteiger partial charge on any atom is -0.314 e. The molecule has 2 amide bonds. The number of carbonyl (C=O) groups is 2. The zero-order valence-electron chi connectivity index (χ0n) is 15.4. The van der Waals surface area contributed by atoms with Crippen LogP contribution in [0.2, 0.25) is 0 Å². The Morgan fingerprint density at radius 1 is 1.07 bits per heavy atom. The highest BCUT2D eigenvalue weighted by Crippen LogP contribution is 2.23. The minimum absolute atomic E-state index is 0.0627. The highest BCUT2D eigenvalue weighted by Gasteiger charge is 2.17. The third-order valence-corrected chi connectivity index (χ3v) is 4.70. The van der Waals surface area contributed by atoms with E-state index in [4.69, 9.17) is 0 Å². The van der Waals surface area contributed by atoms with Crippen LogP contribution in [0.1, 0.15) is 22.8 Å². The van der Waals surface area contributed by atoms with Crippen LogP contribution in [0, 0.1) is 5.82 Å². The van der Waals surface area contributed by atoms with Gasteiger partial charge in [-0.15, -0.1) is 0 Å². The molecule has 2 aromatic carbocycles. The van der Waals surface area contributed by atoms with E-state index in [0.717, 1.165) is 17.7 Å². The van der Waals surface area contributed by atoms with E-state index in [0.29, 0.717) is 10.9 Å². The van der Waals surface area contributed by atoms with Crippen molar-refractivity contribution in [2.24, 2.45) is 0 Å². The molecule has 148 valence electrons. The van der Waals surface area contributed by atoms with Crippen molar-refractivity contribution in [1.82, 2.24) is 9.97 Å². The molecular formula is C20H17FN4O3S. The summed E-state index contributed by atoms with van der Waals surface area (Å²) >= 11 is 1.28. The molecule has 1 aromatic heterocycles. The van der Waals surface area contributed by atoms with E-state index in [1.54, 1.807) is 0 Å². The maximum absolute atomic E-state index is 13.0. The monoisotopic (exact) mass is 412 g/mol. The van der Waals surface area contributed by atoms with Crippen LogP contribution in [0.15, 0.2) is 64.5 Å². The molecule has 0 bridgehead atoms. The van der Waals surface area contributed by atoms with Crippen LogP contribution >= 0.6 is 11.8 Å². The zero-order valence-corrected chi connectivity index (χ0v) is 16.2. The summed E-state index contributed by atoms with van der Waals surface area (Å²) in [5.41, 5.74) is 0.380. The molecule has 29 heavy (non-hydrogen) atoms. The lowest BCUT2D eigenvalue weighted by Gasteiger charge is -2.11. The van der Waals surface area contributed by atoms with Crippen LogP contribution < -0.4 is 16.2 Å². The molecule has 0 saturated heterocycles. The second-order valence-corrected chi connectivity index (χ2v) is 6.98. The van der Waals surface area contributed by atoms with Gasteiger partial charge in [0.05, 0.1) is 0 Å². The van der Waals surface area contributed by atoms with Crippen molar-refractivity contribution in [3.05, 3.63) is 81.9 Å². The van der Waals surface area contributed by atoms with Gasteiger partial charge in [0, 0.05) is 18.2 Å². The molecule has 0 aliphatic rings. The summed E-state index contributed by atoms with van der Waals surface area (Å²) in [7, 11) is 0. The first-order valence-electron chi connectivity index (χ1n) is 8.58. The first kappa shape index (κ1) is 20.3. The van der Waals surface area contributed by atoms with Gasteiger partial charge in [0.1, 0.15) is 5.82 Å². The molecule has 0 radical (unpaired) electrons. The number of aromatic nitrogens is 2. The molecule has 3 aromatic rings. The third kappa shape index (κ3) is 5.52. The number of carbonyl (C=O) groups excluding carboxylic acids is 2. The van der Waals surface area contributed by atoms with Crippen LogP contribution in [-0.4, -0.2) is 21.8 Å². The van der Waals surface area contributed by atoms with Gasteiger partial charge in [-0.3, -0.25) is 19.4 Å². The lowest BCUT2D eigenvalue weighted by Crippen LogP contribution is -2.24.